The highest BCUT2D eigenvalue weighted by Gasteiger charge is 2.28. The first-order valence-corrected chi connectivity index (χ1v) is 8.88. The molecule has 2 heterocycles. The van der Waals surface area contributed by atoms with Gasteiger partial charge in [0.15, 0.2) is 0 Å². The van der Waals surface area contributed by atoms with Gasteiger partial charge in [0, 0.05) is 49.6 Å². The summed E-state index contributed by atoms with van der Waals surface area (Å²) >= 11 is 0. The van der Waals surface area contributed by atoms with E-state index in [4.69, 9.17) is 4.74 Å². The van der Waals surface area contributed by atoms with E-state index in [1.54, 1.807) is 0 Å². The van der Waals surface area contributed by atoms with E-state index >= 15 is 0 Å². The summed E-state index contributed by atoms with van der Waals surface area (Å²) in [5.41, 5.74) is 0.750. The lowest BCUT2D eigenvalue weighted by Gasteiger charge is -2.38. The van der Waals surface area contributed by atoms with Crippen LogP contribution in [-0.2, 0) is 4.74 Å². The highest BCUT2D eigenvalue weighted by Crippen LogP contribution is 2.26. The minimum atomic E-state index is -0.441. The summed E-state index contributed by atoms with van der Waals surface area (Å²) in [6.45, 7) is 7.18. The van der Waals surface area contributed by atoms with Gasteiger partial charge in [-0.15, -0.1) is 0 Å². The summed E-state index contributed by atoms with van der Waals surface area (Å²) in [5, 5.41) is 2.35. The van der Waals surface area contributed by atoms with Crippen LogP contribution in [0.3, 0.4) is 0 Å². The fraction of sp³-hybridized carbons (Fsp3) is 0.500. The van der Waals surface area contributed by atoms with Crippen LogP contribution in [0, 0.1) is 0 Å². The first-order valence-electron chi connectivity index (χ1n) is 8.88. The molecule has 1 aliphatic heterocycles. The van der Waals surface area contributed by atoms with Gasteiger partial charge in [-0.2, -0.15) is 0 Å². The number of pyridine rings is 1. The first-order chi connectivity index (χ1) is 11.8. The van der Waals surface area contributed by atoms with E-state index in [-0.39, 0.29) is 6.09 Å². The van der Waals surface area contributed by atoms with Gasteiger partial charge >= 0.3 is 6.09 Å². The predicted octanol–water partition coefficient (Wildman–Crippen LogP) is 4.07. The maximum atomic E-state index is 12.2. The average Bonchev–Trinajstić information content (AvgIpc) is 2.59. The van der Waals surface area contributed by atoms with Crippen molar-refractivity contribution < 1.29 is 9.53 Å². The van der Waals surface area contributed by atoms with Crippen LogP contribution in [-0.4, -0.2) is 47.8 Å². The second-order valence-corrected chi connectivity index (χ2v) is 7.72. The molecule has 0 bridgehead atoms. The van der Waals surface area contributed by atoms with E-state index in [1.165, 1.54) is 11.1 Å². The van der Waals surface area contributed by atoms with Gasteiger partial charge < -0.3 is 14.5 Å². The Morgan fingerprint density at radius 1 is 1.20 bits per heavy atom. The number of likely N-dealkylation sites (tertiary alicyclic amines) is 1. The number of amides is 1. The molecule has 1 aliphatic rings. The monoisotopic (exact) mass is 341 g/mol. The SMILES string of the molecule is CN(c1ccc2ccncc2c1)C1CCN(C(=O)OC(C)(C)C)CC1. The lowest BCUT2D eigenvalue weighted by molar-refractivity contribution is 0.0205. The Bertz CT molecular complexity index is 746. The van der Waals surface area contributed by atoms with Crippen LogP contribution in [0.5, 0.6) is 0 Å². The largest absolute Gasteiger partial charge is 0.444 e. The fourth-order valence-corrected chi connectivity index (χ4v) is 3.26. The van der Waals surface area contributed by atoms with Gasteiger partial charge in [0.05, 0.1) is 0 Å². The number of piperidine rings is 1. The van der Waals surface area contributed by atoms with Crippen molar-refractivity contribution in [3.05, 3.63) is 36.7 Å². The molecule has 1 fully saturated rings. The lowest BCUT2D eigenvalue weighted by Crippen LogP contribution is -2.47. The second kappa shape index (κ2) is 6.90. The molecule has 0 atom stereocenters. The summed E-state index contributed by atoms with van der Waals surface area (Å²) in [6.07, 6.45) is 5.41. The van der Waals surface area contributed by atoms with E-state index in [2.05, 4.69) is 35.1 Å². The maximum Gasteiger partial charge on any atom is 0.410 e. The van der Waals surface area contributed by atoms with Gasteiger partial charge in [0.2, 0.25) is 0 Å². The van der Waals surface area contributed by atoms with Crippen molar-refractivity contribution in [1.29, 1.82) is 0 Å². The molecule has 5 heteroatoms. The number of anilines is 1. The van der Waals surface area contributed by atoms with Crippen LogP contribution in [0.2, 0.25) is 0 Å². The van der Waals surface area contributed by atoms with Crippen molar-refractivity contribution in [2.45, 2.75) is 45.3 Å². The van der Waals surface area contributed by atoms with Crippen LogP contribution in [0.4, 0.5) is 10.5 Å². The minimum Gasteiger partial charge on any atom is -0.444 e. The molecule has 1 aromatic carbocycles. The van der Waals surface area contributed by atoms with Gasteiger partial charge in [-0.25, -0.2) is 4.79 Å². The molecule has 3 rings (SSSR count). The van der Waals surface area contributed by atoms with Crippen molar-refractivity contribution in [3.8, 4) is 0 Å². The van der Waals surface area contributed by atoms with E-state index < -0.39 is 5.60 Å². The Labute approximate surface area is 149 Å². The van der Waals surface area contributed by atoms with Crippen molar-refractivity contribution in [3.63, 3.8) is 0 Å². The molecule has 1 aromatic heterocycles. The number of hydrogen-bond donors (Lipinski definition) is 0. The number of benzene rings is 1. The third-order valence-electron chi connectivity index (χ3n) is 4.70. The summed E-state index contributed by atoms with van der Waals surface area (Å²) in [5.74, 6) is 0. The van der Waals surface area contributed by atoms with Gasteiger partial charge in [0.25, 0.3) is 0 Å². The van der Waals surface area contributed by atoms with Gasteiger partial charge in [-0.05, 0) is 57.2 Å². The number of nitrogens with zero attached hydrogens (tertiary/aromatic N) is 3. The number of ether oxygens (including phenoxy) is 1. The van der Waals surface area contributed by atoms with Crippen molar-refractivity contribution in [2.75, 3.05) is 25.0 Å². The van der Waals surface area contributed by atoms with Crippen LogP contribution in [0.25, 0.3) is 10.8 Å². The fourth-order valence-electron chi connectivity index (χ4n) is 3.26. The van der Waals surface area contributed by atoms with Crippen molar-refractivity contribution >= 4 is 22.6 Å². The Kier molecular flexibility index (Phi) is 4.84. The predicted molar refractivity (Wildman–Crippen MR) is 101 cm³/mol. The minimum absolute atomic E-state index is 0.203. The van der Waals surface area contributed by atoms with Crippen LogP contribution in [0.1, 0.15) is 33.6 Å². The molecule has 5 nitrogen and oxygen atoms in total. The highest BCUT2D eigenvalue weighted by atomic mass is 16.6. The Hall–Kier alpha value is -2.30. The number of aromatic nitrogens is 1. The smallest absolute Gasteiger partial charge is 0.410 e. The summed E-state index contributed by atoms with van der Waals surface area (Å²) < 4.78 is 5.47. The molecule has 0 aliphatic carbocycles. The molecule has 0 unspecified atom stereocenters. The Morgan fingerprint density at radius 2 is 1.92 bits per heavy atom. The number of rotatable bonds is 2. The number of carbonyl (C=O) groups is 1. The van der Waals surface area contributed by atoms with Crippen LogP contribution < -0.4 is 4.90 Å². The third kappa shape index (κ3) is 4.21. The molecule has 0 spiro atoms. The number of carbonyl (C=O) groups excluding carboxylic acids is 1. The molecule has 25 heavy (non-hydrogen) atoms. The quantitative estimate of drug-likeness (QED) is 0.826. The number of fused-ring (bicyclic) bond motifs is 1. The average molecular weight is 341 g/mol. The molecule has 0 radical (unpaired) electrons. The summed E-state index contributed by atoms with van der Waals surface area (Å²) in [7, 11) is 2.13. The van der Waals surface area contributed by atoms with Crippen LogP contribution >= 0.6 is 0 Å². The van der Waals surface area contributed by atoms with Gasteiger partial charge in [-0.3, -0.25) is 4.98 Å². The molecule has 0 N–H and O–H groups in total. The lowest BCUT2D eigenvalue weighted by atomic mass is 10.0. The maximum absolute atomic E-state index is 12.2. The second-order valence-electron chi connectivity index (χ2n) is 7.72. The molecule has 134 valence electrons. The number of hydrogen-bond acceptors (Lipinski definition) is 4. The van der Waals surface area contributed by atoms with Gasteiger partial charge in [-0.1, -0.05) is 6.07 Å². The molecule has 1 saturated heterocycles. The molecule has 2 aromatic rings. The molecule has 0 saturated carbocycles. The summed E-state index contributed by atoms with van der Waals surface area (Å²) in [6, 6.07) is 8.93. The summed E-state index contributed by atoms with van der Waals surface area (Å²) in [4.78, 5) is 20.5. The normalized spacial score (nSPS) is 16.1. The molecule has 1 amide bonds. The topological polar surface area (TPSA) is 45.7 Å². The van der Waals surface area contributed by atoms with Gasteiger partial charge in [0.1, 0.15) is 5.60 Å². The zero-order valence-electron chi connectivity index (χ0n) is 15.5. The third-order valence-corrected chi connectivity index (χ3v) is 4.70. The van der Waals surface area contributed by atoms with E-state index in [1.807, 2.05) is 44.1 Å². The Morgan fingerprint density at radius 3 is 2.60 bits per heavy atom. The zero-order chi connectivity index (χ0) is 18.0. The zero-order valence-corrected chi connectivity index (χ0v) is 15.5. The molecular weight excluding hydrogens is 314 g/mol. The Balaban J connectivity index is 1.62. The van der Waals surface area contributed by atoms with E-state index in [9.17, 15) is 4.79 Å². The van der Waals surface area contributed by atoms with E-state index in [0.29, 0.717) is 6.04 Å². The van der Waals surface area contributed by atoms with Crippen molar-refractivity contribution in [1.82, 2.24) is 9.88 Å². The highest BCUT2D eigenvalue weighted by molar-refractivity contribution is 5.85. The van der Waals surface area contributed by atoms with Crippen molar-refractivity contribution in [2.24, 2.45) is 0 Å². The first kappa shape index (κ1) is 17.5. The van der Waals surface area contributed by atoms with E-state index in [0.717, 1.165) is 31.3 Å². The van der Waals surface area contributed by atoms with Crippen LogP contribution in [0.15, 0.2) is 36.7 Å². The standard InChI is InChI=1S/C20H27N3O2/c1-20(2,3)25-19(24)23-11-8-17(9-12-23)22(4)18-6-5-15-7-10-21-14-16(15)13-18/h5-7,10,13-14,17H,8-9,11-12H2,1-4H3. The molecular formula is C20H27N3O2.